The molecule has 1 atom stereocenters. The second-order valence-electron chi connectivity index (χ2n) is 6.05. The molecule has 3 rings (SSSR count). The predicted molar refractivity (Wildman–Crippen MR) is 103 cm³/mol. The maximum absolute atomic E-state index is 12.8. The highest BCUT2D eigenvalue weighted by Gasteiger charge is 2.35. The fourth-order valence-electron chi connectivity index (χ4n) is 2.95. The minimum absolute atomic E-state index is 0.0450. The number of ether oxygens (including phenoxy) is 1. The van der Waals surface area contributed by atoms with Crippen LogP contribution in [0.3, 0.4) is 0 Å². The van der Waals surface area contributed by atoms with Crippen molar-refractivity contribution in [3.8, 4) is 5.75 Å². The van der Waals surface area contributed by atoms with Crippen LogP contribution in [0.1, 0.15) is 6.42 Å². The van der Waals surface area contributed by atoms with Gasteiger partial charge in [-0.15, -0.1) is 0 Å². The van der Waals surface area contributed by atoms with Crippen LogP contribution in [-0.2, 0) is 14.6 Å². The number of amides is 1. The summed E-state index contributed by atoms with van der Waals surface area (Å²) in [4.78, 5) is 14.3. The van der Waals surface area contributed by atoms with Crippen molar-refractivity contribution in [2.75, 3.05) is 23.0 Å². The van der Waals surface area contributed by atoms with Crippen molar-refractivity contribution in [1.82, 2.24) is 0 Å². The van der Waals surface area contributed by atoms with Crippen LogP contribution in [0.2, 0.25) is 10.0 Å². The monoisotopic (exact) mass is 413 g/mol. The van der Waals surface area contributed by atoms with Crippen molar-refractivity contribution in [3.05, 3.63) is 58.6 Å². The Bertz CT molecular complexity index is 882. The van der Waals surface area contributed by atoms with Crippen LogP contribution in [-0.4, -0.2) is 38.5 Å². The van der Waals surface area contributed by atoms with Gasteiger partial charge in [0.15, 0.2) is 16.4 Å². The van der Waals surface area contributed by atoms with Gasteiger partial charge in [0.2, 0.25) is 0 Å². The Hall–Kier alpha value is -1.76. The van der Waals surface area contributed by atoms with Crippen LogP contribution in [0, 0.1) is 0 Å². The van der Waals surface area contributed by atoms with E-state index in [-0.39, 0.29) is 24.0 Å². The minimum atomic E-state index is -3.13. The average Bonchev–Trinajstić information content (AvgIpc) is 2.93. The molecular formula is C18H17Cl2NO4S. The highest BCUT2D eigenvalue weighted by Crippen LogP contribution is 2.26. The van der Waals surface area contributed by atoms with Crippen LogP contribution < -0.4 is 9.64 Å². The zero-order valence-corrected chi connectivity index (χ0v) is 16.1. The molecule has 0 radical (unpaired) electrons. The maximum atomic E-state index is 12.8. The van der Waals surface area contributed by atoms with Gasteiger partial charge in [0, 0.05) is 15.7 Å². The molecule has 2 aromatic carbocycles. The van der Waals surface area contributed by atoms with Gasteiger partial charge in [-0.2, -0.15) is 0 Å². The lowest BCUT2D eigenvalue weighted by Gasteiger charge is -2.28. The molecule has 138 valence electrons. The summed E-state index contributed by atoms with van der Waals surface area (Å²) in [7, 11) is -3.13. The quantitative estimate of drug-likeness (QED) is 0.750. The van der Waals surface area contributed by atoms with E-state index in [9.17, 15) is 13.2 Å². The molecule has 5 nitrogen and oxygen atoms in total. The highest BCUT2D eigenvalue weighted by molar-refractivity contribution is 7.91. The number of nitrogens with zero attached hydrogens (tertiary/aromatic N) is 1. The standard InChI is InChI=1S/C18H17Cl2NO4S/c19-13-8-14(20)10-17(9-13)25-11-18(22)21(15-4-2-1-3-5-15)16-6-7-26(23,24)12-16/h1-5,8-10,16H,6-7,11-12H2/t16-/m1/s1. The second kappa shape index (κ2) is 7.86. The Balaban J connectivity index is 1.79. The lowest BCUT2D eigenvalue weighted by molar-refractivity contribution is -0.121. The topological polar surface area (TPSA) is 63.7 Å². The van der Waals surface area contributed by atoms with E-state index in [1.54, 1.807) is 42.5 Å². The number of carbonyl (C=O) groups excluding carboxylic acids is 1. The number of hydrogen-bond acceptors (Lipinski definition) is 4. The van der Waals surface area contributed by atoms with E-state index in [1.807, 2.05) is 6.07 Å². The first-order valence-corrected chi connectivity index (χ1v) is 10.6. The lowest BCUT2D eigenvalue weighted by Crippen LogP contribution is -2.43. The minimum Gasteiger partial charge on any atom is -0.484 e. The first-order valence-electron chi connectivity index (χ1n) is 8.00. The maximum Gasteiger partial charge on any atom is 0.265 e. The first kappa shape index (κ1) is 19.0. The number of anilines is 1. The van der Waals surface area contributed by atoms with Gasteiger partial charge in [-0.05, 0) is 36.8 Å². The molecule has 0 bridgehead atoms. The molecule has 0 saturated carbocycles. The zero-order valence-electron chi connectivity index (χ0n) is 13.8. The van der Waals surface area contributed by atoms with Crippen molar-refractivity contribution >= 4 is 44.6 Å². The van der Waals surface area contributed by atoms with E-state index < -0.39 is 15.9 Å². The van der Waals surface area contributed by atoms with Crippen LogP contribution in [0.4, 0.5) is 5.69 Å². The van der Waals surface area contributed by atoms with Crippen LogP contribution in [0.5, 0.6) is 5.75 Å². The molecule has 2 aromatic rings. The van der Waals surface area contributed by atoms with Gasteiger partial charge in [-0.1, -0.05) is 41.4 Å². The van der Waals surface area contributed by atoms with Crippen molar-refractivity contribution in [3.63, 3.8) is 0 Å². The Morgan fingerprint density at radius 1 is 1.12 bits per heavy atom. The third-order valence-corrected chi connectivity index (χ3v) is 6.26. The summed E-state index contributed by atoms with van der Waals surface area (Å²) in [6, 6.07) is 13.3. The van der Waals surface area contributed by atoms with Crippen molar-refractivity contribution in [2.24, 2.45) is 0 Å². The predicted octanol–water partition coefficient (Wildman–Crippen LogP) is 3.59. The Kier molecular flexibility index (Phi) is 5.75. The molecule has 1 amide bonds. The molecule has 0 spiro atoms. The number of carbonyl (C=O) groups is 1. The van der Waals surface area contributed by atoms with E-state index >= 15 is 0 Å². The summed E-state index contributed by atoms with van der Waals surface area (Å²) >= 11 is 11.9. The molecule has 1 fully saturated rings. The lowest BCUT2D eigenvalue weighted by atomic mass is 10.2. The summed E-state index contributed by atoms with van der Waals surface area (Å²) in [5.74, 6) is 0.0904. The van der Waals surface area contributed by atoms with E-state index in [0.29, 0.717) is 27.9 Å². The molecule has 1 aliphatic rings. The third kappa shape index (κ3) is 4.69. The van der Waals surface area contributed by atoms with Crippen molar-refractivity contribution in [2.45, 2.75) is 12.5 Å². The smallest absolute Gasteiger partial charge is 0.265 e. The zero-order chi connectivity index (χ0) is 18.7. The Morgan fingerprint density at radius 3 is 2.35 bits per heavy atom. The number of benzene rings is 2. The Labute approximate surface area is 162 Å². The molecule has 8 heteroatoms. The van der Waals surface area contributed by atoms with E-state index in [2.05, 4.69) is 0 Å². The summed E-state index contributed by atoms with van der Waals surface area (Å²) < 4.78 is 29.2. The molecule has 26 heavy (non-hydrogen) atoms. The van der Waals surface area contributed by atoms with Crippen molar-refractivity contribution in [1.29, 1.82) is 0 Å². The fraction of sp³-hybridized carbons (Fsp3) is 0.278. The number of halogens is 2. The van der Waals surface area contributed by atoms with E-state index in [1.165, 1.54) is 4.90 Å². The molecule has 0 aromatic heterocycles. The third-order valence-electron chi connectivity index (χ3n) is 4.07. The first-order chi connectivity index (χ1) is 12.3. The molecule has 1 saturated heterocycles. The number of rotatable bonds is 5. The number of hydrogen-bond donors (Lipinski definition) is 0. The number of para-hydroxylation sites is 1. The molecular weight excluding hydrogens is 397 g/mol. The largest absolute Gasteiger partial charge is 0.484 e. The molecule has 1 aliphatic heterocycles. The second-order valence-corrected chi connectivity index (χ2v) is 9.15. The fourth-order valence-corrected chi connectivity index (χ4v) is 5.16. The summed E-state index contributed by atoms with van der Waals surface area (Å²) in [6.07, 6.45) is 0.409. The molecule has 0 aliphatic carbocycles. The van der Waals surface area contributed by atoms with Gasteiger partial charge in [-0.25, -0.2) is 8.42 Å². The summed E-state index contributed by atoms with van der Waals surface area (Å²) in [5, 5.41) is 0.809. The highest BCUT2D eigenvalue weighted by atomic mass is 35.5. The molecule has 1 heterocycles. The summed E-state index contributed by atoms with van der Waals surface area (Å²) in [5.41, 5.74) is 0.646. The van der Waals surface area contributed by atoms with E-state index in [4.69, 9.17) is 27.9 Å². The average molecular weight is 414 g/mol. The van der Waals surface area contributed by atoms with E-state index in [0.717, 1.165) is 0 Å². The van der Waals surface area contributed by atoms with Crippen LogP contribution >= 0.6 is 23.2 Å². The normalized spacial score (nSPS) is 18.5. The van der Waals surface area contributed by atoms with Crippen molar-refractivity contribution < 1.29 is 17.9 Å². The van der Waals surface area contributed by atoms with Crippen LogP contribution in [0.25, 0.3) is 0 Å². The van der Waals surface area contributed by atoms with Gasteiger partial charge >= 0.3 is 0 Å². The van der Waals surface area contributed by atoms with Gasteiger partial charge in [0.25, 0.3) is 5.91 Å². The number of sulfone groups is 1. The molecule has 0 N–H and O–H groups in total. The SMILES string of the molecule is O=C(COc1cc(Cl)cc(Cl)c1)N(c1ccccc1)[C@@H]1CCS(=O)(=O)C1. The molecule has 0 unspecified atom stereocenters. The van der Waals surface area contributed by atoms with Crippen LogP contribution in [0.15, 0.2) is 48.5 Å². The Morgan fingerprint density at radius 2 is 1.77 bits per heavy atom. The van der Waals surface area contributed by atoms with Gasteiger partial charge in [0.05, 0.1) is 17.5 Å². The summed E-state index contributed by atoms with van der Waals surface area (Å²) in [6.45, 7) is -0.248. The van der Waals surface area contributed by atoms with Gasteiger partial charge in [-0.3, -0.25) is 4.79 Å². The van der Waals surface area contributed by atoms with Gasteiger partial charge in [0.1, 0.15) is 5.75 Å². The van der Waals surface area contributed by atoms with Gasteiger partial charge < -0.3 is 9.64 Å².